The van der Waals surface area contributed by atoms with Gasteiger partial charge in [-0.25, -0.2) is 0 Å². The van der Waals surface area contributed by atoms with Gasteiger partial charge in [-0.2, -0.15) is 0 Å². The lowest BCUT2D eigenvalue weighted by Crippen LogP contribution is -1.89. The minimum atomic E-state index is -0.244. The summed E-state index contributed by atoms with van der Waals surface area (Å²) in [7, 11) is -0.488. The van der Waals surface area contributed by atoms with Gasteiger partial charge in [0.15, 0.2) is 0 Å². The second-order valence-corrected chi connectivity index (χ2v) is 13.5. The van der Waals surface area contributed by atoms with Gasteiger partial charge in [-0.05, 0) is 44.8 Å². The number of rotatable bonds is 3. The predicted octanol–water partition coefficient (Wildman–Crippen LogP) is 14.3. The van der Waals surface area contributed by atoms with Gasteiger partial charge in [0.05, 0.1) is 0 Å². The summed E-state index contributed by atoms with van der Waals surface area (Å²) in [5, 5.41) is 8.32. The van der Waals surface area contributed by atoms with Crippen LogP contribution in [0.1, 0.15) is 0 Å². The van der Waals surface area contributed by atoms with Crippen LogP contribution >= 0.6 is 17.3 Å². The molecule has 0 bridgehead atoms. The van der Waals surface area contributed by atoms with Gasteiger partial charge in [-0.3, -0.25) is 0 Å². The highest BCUT2D eigenvalue weighted by atomic mass is 31.1. The van der Waals surface area contributed by atoms with E-state index in [0.717, 1.165) is 98.8 Å². The second-order valence-electron chi connectivity index (χ2n) is 12.4. The molecule has 2 aromatic heterocycles. The van der Waals surface area contributed by atoms with Crippen molar-refractivity contribution in [3.8, 4) is 33.4 Å². The zero-order chi connectivity index (χ0) is 33.0. The van der Waals surface area contributed by atoms with Crippen LogP contribution in [0.3, 0.4) is 0 Å². The van der Waals surface area contributed by atoms with Crippen molar-refractivity contribution in [3.63, 3.8) is 0 Å². The second kappa shape index (κ2) is 11.9. The Morgan fingerprint density at radius 2 is 0.680 bits per heavy atom. The Labute approximate surface area is 289 Å². The zero-order valence-corrected chi connectivity index (χ0v) is 28.6. The molecule has 10 rings (SSSR count). The smallest absolute Gasteiger partial charge is 0.201 e. The topological polar surface area (TPSA) is 52.6 Å². The number of para-hydroxylation sites is 2. The SMILES string of the molecule is c1ccc(-c2cccc3c2o[pH]oc2c(-c4c5ccccc5cc5c4o[pH]oc4c(-c6ccccc6)cccc45)c4ccccc4cc23)cc1. The van der Waals surface area contributed by atoms with Gasteiger partial charge in [-0.15, -0.1) is 0 Å². The van der Waals surface area contributed by atoms with Crippen LogP contribution in [0.15, 0.2) is 175 Å². The third-order valence-electron chi connectivity index (χ3n) is 9.61. The van der Waals surface area contributed by atoms with Crippen molar-refractivity contribution in [1.29, 1.82) is 0 Å². The monoisotopic (exact) mass is 682 g/mol. The first-order valence-electron chi connectivity index (χ1n) is 16.5. The number of benzene rings is 8. The van der Waals surface area contributed by atoms with E-state index in [4.69, 9.17) is 16.8 Å². The van der Waals surface area contributed by atoms with Crippen LogP contribution < -0.4 is 0 Å². The van der Waals surface area contributed by atoms with Gasteiger partial charge in [0, 0.05) is 43.8 Å². The van der Waals surface area contributed by atoms with Crippen molar-refractivity contribution in [1.82, 2.24) is 0 Å². The molecule has 50 heavy (non-hydrogen) atoms. The Kier molecular flexibility index (Phi) is 6.91. The van der Waals surface area contributed by atoms with E-state index in [2.05, 4.69) is 146 Å². The molecule has 10 aromatic rings. The van der Waals surface area contributed by atoms with Crippen molar-refractivity contribution in [2.24, 2.45) is 0 Å². The van der Waals surface area contributed by atoms with Crippen LogP contribution in [0.2, 0.25) is 0 Å². The maximum Gasteiger partial charge on any atom is 0.201 e. The fraction of sp³-hybridized carbons (Fsp3) is 0. The quantitative estimate of drug-likeness (QED) is 0.186. The number of hydrogen-bond acceptors (Lipinski definition) is 4. The molecule has 0 aliphatic heterocycles. The van der Waals surface area contributed by atoms with Crippen molar-refractivity contribution in [2.45, 2.75) is 0 Å². The van der Waals surface area contributed by atoms with Crippen LogP contribution in [0.5, 0.6) is 0 Å². The maximum atomic E-state index is 6.75. The summed E-state index contributed by atoms with van der Waals surface area (Å²) in [6.07, 6.45) is 0. The third kappa shape index (κ3) is 4.61. The van der Waals surface area contributed by atoms with Crippen LogP contribution in [0.25, 0.3) is 98.8 Å². The molecule has 0 radical (unpaired) electrons. The molecule has 0 N–H and O–H groups in total. The molecule has 0 spiro atoms. The predicted molar refractivity (Wildman–Crippen MR) is 211 cm³/mol. The minimum absolute atomic E-state index is 0.244. The fourth-order valence-electron chi connectivity index (χ4n) is 7.38. The van der Waals surface area contributed by atoms with Gasteiger partial charge in [-0.1, -0.05) is 146 Å². The van der Waals surface area contributed by atoms with Gasteiger partial charge in [0.25, 0.3) is 0 Å². The third-order valence-corrected chi connectivity index (χ3v) is 10.8. The van der Waals surface area contributed by atoms with Crippen LogP contribution in [0, 0.1) is 0 Å². The summed E-state index contributed by atoms with van der Waals surface area (Å²) in [5.41, 5.74) is 9.42. The lowest BCUT2D eigenvalue weighted by Gasteiger charge is -2.14. The zero-order valence-electron chi connectivity index (χ0n) is 26.6. The lowest BCUT2D eigenvalue weighted by molar-refractivity contribution is 0.661. The first-order chi connectivity index (χ1) is 24.8. The molecule has 2 atom stereocenters. The molecular weight excluding hydrogens is 654 g/mol. The van der Waals surface area contributed by atoms with Crippen molar-refractivity contribution >= 4 is 82.8 Å². The van der Waals surface area contributed by atoms with Gasteiger partial charge in [0.2, 0.25) is 17.3 Å². The largest absolute Gasteiger partial charge is 0.420 e. The van der Waals surface area contributed by atoms with Crippen LogP contribution in [-0.4, -0.2) is 0 Å². The van der Waals surface area contributed by atoms with E-state index in [1.165, 1.54) is 0 Å². The van der Waals surface area contributed by atoms with E-state index in [1.54, 1.807) is 0 Å². The highest BCUT2D eigenvalue weighted by Gasteiger charge is 2.22. The summed E-state index contributed by atoms with van der Waals surface area (Å²) < 4.78 is 26.5. The van der Waals surface area contributed by atoms with E-state index in [1.807, 2.05) is 12.1 Å². The molecule has 0 aliphatic carbocycles. The van der Waals surface area contributed by atoms with Crippen LogP contribution in [-0.2, 0) is 0 Å². The standard InChI is InChI=1S/C44H28O4P2/c1-3-13-27(14-4-1)33-21-11-23-35-37-25-29-17-7-9-19-31(29)39(43(37)47-49-45-41(33)35)40-32-20-10-8-18-30(32)26-38-36-24-12-22-34(28-15-5-2-6-16-28)42(36)46-50-48-44(38)40/h1-26,49-50H. The molecule has 0 amide bonds. The molecular formula is C44H28O4P2. The Morgan fingerprint density at radius 3 is 1.14 bits per heavy atom. The van der Waals surface area contributed by atoms with Gasteiger partial charge in [0.1, 0.15) is 22.3 Å². The lowest BCUT2D eigenvalue weighted by atomic mass is 9.89. The normalized spacial score (nSPS) is 11.9. The summed E-state index contributed by atoms with van der Waals surface area (Å²) in [6, 6.07) is 55.0. The molecule has 4 nitrogen and oxygen atoms in total. The molecule has 2 heterocycles. The Bertz CT molecular complexity index is 2780. The molecule has 2 unspecified atom stereocenters. The molecule has 0 saturated heterocycles. The van der Waals surface area contributed by atoms with Crippen LogP contribution in [0.4, 0.5) is 0 Å². The van der Waals surface area contributed by atoms with E-state index in [9.17, 15) is 0 Å². The first kappa shape index (κ1) is 29.0. The molecule has 0 aliphatic rings. The Balaban J connectivity index is 1.40. The average Bonchev–Trinajstić information content (AvgIpc) is 3.49. The summed E-state index contributed by atoms with van der Waals surface area (Å²) in [5.74, 6) is 0. The minimum Gasteiger partial charge on any atom is -0.420 e. The summed E-state index contributed by atoms with van der Waals surface area (Å²) in [4.78, 5) is 0. The maximum absolute atomic E-state index is 6.75. The van der Waals surface area contributed by atoms with Gasteiger partial charge >= 0.3 is 0 Å². The van der Waals surface area contributed by atoms with E-state index >= 15 is 0 Å². The first-order valence-corrected chi connectivity index (χ1v) is 18.1. The Morgan fingerprint density at radius 1 is 0.300 bits per heavy atom. The van der Waals surface area contributed by atoms with Crippen molar-refractivity contribution in [3.05, 3.63) is 158 Å². The number of hydrogen-bond donors (Lipinski definition) is 0. The molecule has 238 valence electrons. The molecule has 0 fully saturated rings. The van der Waals surface area contributed by atoms with E-state index < -0.39 is 0 Å². The van der Waals surface area contributed by atoms with Crippen molar-refractivity contribution < 1.29 is 16.8 Å². The molecule has 8 aromatic carbocycles. The average molecular weight is 683 g/mol. The Hall–Kier alpha value is -5.92. The van der Waals surface area contributed by atoms with Gasteiger partial charge < -0.3 is 16.8 Å². The van der Waals surface area contributed by atoms with E-state index in [0.29, 0.717) is 0 Å². The molecule has 6 heteroatoms. The summed E-state index contributed by atoms with van der Waals surface area (Å²) >= 11 is 0. The highest BCUT2D eigenvalue weighted by Crippen LogP contribution is 2.47. The fourth-order valence-corrected chi connectivity index (χ4v) is 8.66. The highest BCUT2D eigenvalue weighted by molar-refractivity contribution is 7.15. The molecule has 0 saturated carbocycles. The van der Waals surface area contributed by atoms with Crippen molar-refractivity contribution in [2.75, 3.05) is 0 Å². The summed E-state index contributed by atoms with van der Waals surface area (Å²) in [6.45, 7) is 0. The number of fused-ring (bicyclic) bond motifs is 8. The van der Waals surface area contributed by atoms with E-state index in [-0.39, 0.29) is 17.3 Å².